The van der Waals surface area contributed by atoms with E-state index in [1.165, 1.54) is 29.3 Å². The fraction of sp³-hybridized carbons (Fsp3) is 0.419. The zero-order chi connectivity index (χ0) is 30.6. The van der Waals surface area contributed by atoms with E-state index in [1.807, 2.05) is 19.1 Å². The Bertz CT molecular complexity index is 1440. The van der Waals surface area contributed by atoms with Crippen molar-refractivity contribution in [3.05, 3.63) is 58.4 Å². The summed E-state index contributed by atoms with van der Waals surface area (Å²) in [5.41, 5.74) is 1.72. The maximum atomic E-state index is 15.1. The molecule has 0 atom stereocenters. The average molecular weight is 598 g/mol. The number of anilines is 1. The van der Waals surface area contributed by atoms with Crippen molar-refractivity contribution in [1.29, 1.82) is 5.41 Å². The van der Waals surface area contributed by atoms with Gasteiger partial charge in [0.1, 0.15) is 18.0 Å². The van der Waals surface area contributed by atoms with Gasteiger partial charge in [0.25, 0.3) is 0 Å². The van der Waals surface area contributed by atoms with Gasteiger partial charge in [-0.25, -0.2) is 14.2 Å². The summed E-state index contributed by atoms with van der Waals surface area (Å²) in [4.78, 5) is 35.2. The molecule has 1 aromatic carbocycles. The van der Waals surface area contributed by atoms with Crippen LogP contribution in [0.3, 0.4) is 0 Å². The number of amides is 2. The largest absolute Gasteiger partial charge is 0.487 e. The van der Waals surface area contributed by atoms with Crippen LogP contribution in [0.1, 0.15) is 39.7 Å². The number of likely N-dealkylation sites (N-methyl/N-ethyl adjacent to an activating group) is 1. The van der Waals surface area contributed by atoms with Crippen LogP contribution >= 0.6 is 11.6 Å². The van der Waals surface area contributed by atoms with E-state index in [0.717, 1.165) is 12.1 Å². The highest BCUT2D eigenvalue weighted by atomic mass is 35.5. The first-order valence-electron chi connectivity index (χ1n) is 13.9. The van der Waals surface area contributed by atoms with Crippen LogP contribution < -0.4 is 9.64 Å². The first-order chi connectivity index (χ1) is 19.9. The number of fused-ring (bicyclic) bond motifs is 1. The summed E-state index contributed by atoms with van der Waals surface area (Å²) in [6.45, 7) is 10.0. The molecule has 2 amide bonds. The van der Waals surface area contributed by atoms with E-state index in [2.05, 4.69) is 9.88 Å². The van der Waals surface area contributed by atoms with Crippen LogP contribution in [0.4, 0.5) is 15.0 Å². The number of carbonyl (C=O) groups excluding carboxylic acids is 2. The Morgan fingerprint density at radius 3 is 2.67 bits per heavy atom. The Kier molecular flexibility index (Phi) is 9.68. The Morgan fingerprint density at radius 1 is 1.24 bits per heavy atom. The van der Waals surface area contributed by atoms with Crippen molar-refractivity contribution in [3.63, 3.8) is 0 Å². The molecule has 1 saturated heterocycles. The van der Waals surface area contributed by atoms with Crippen LogP contribution in [-0.2, 0) is 9.53 Å². The molecule has 224 valence electrons. The van der Waals surface area contributed by atoms with Crippen molar-refractivity contribution in [2.75, 3.05) is 51.3 Å². The zero-order valence-electron chi connectivity index (χ0n) is 24.7. The number of allylic oxidation sites excluding steroid dienone is 3. The average Bonchev–Trinajstić information content (AvgIpc) is 2.94. The van der Waals surface area contributed by atoms with E-state index in [9.17, 15) is 9.59 Å². The van der Waals surface area contributed by atoms with E-state index in [4.69, 9.17) is 26.5 Å². The molecular formula is C31H37ClFN5O4. The summed E-state index contributed by atoms with van der Waals surface area (Å²) in [5.74, 6) is 0.128. The van der Waals surface area contributed by atoms with Crippen LogP contribution in [0.2, 0.25) is 5.02 Å². The molecule has 42 heavy (non-hydrogen) atoms. The molecule has 0 bridgehead atoms. The molecule has 2 aromatic rings. The highest BCUT2D eigenvalue weighted by molar-refractivity contribution is 6.30. The molecular weight excluding hydrogens is 561 g/mol. The molecule has 2 aliphatic rings. The summed E-state index contributed by atoms with van der Waals surface area (Å²) in [7, 11) is 1.80. The molecule has 0 radical (unpaired) electrons. The van der Waals surface area contributed by atoms with Crippen LogP contribution in [-0.4, -0.2) is 85.0 Å². The molecule has 0 saturated carbocycles. The third kappa shape index (κ3) is 7.35. The van der Waals surface area contributed by atoms with Gasteiger partial charge in [-0.15, -0.1) is 0 Å². The molecule has 1 aromatic heterocycles. The summed E-state index contributed by atoms with van der Waals surface area (Å²) < 4.78 is 26.8. The molecule has 9 nitrogen and oxygen atoms in total. The second kappa shape index (κ2) is 13.0. The minimum atomic E-state index is -0.737. The third-order valence-electron chi connectivity index (χ3n) is 6.99. The van der Waals surface area contributed by atoms with Crippen molar-refractivity contribution < 1.29 is 23.5 Å². The number of hydrogen-bond acceptors (Lipinski definition) is 7. The van der Waals surface area contributed by atoms with Gasteiger partial charge < -0.3 is 19.8 Å². The molecule has 2 aliphatic heterocycles. The van der Waals surface area contributed by atoms with Gasteiger partial charge in [0, 0.05) is 49.0 Å². The van der Waals surface area contributed by atoms with Gasteiger partial charge in [0.15, 0.2) is 11.6 Å². The van der Waals surface area contributed by atoms with Crippen molar-refractivity contribution in [1.82, 2.24) is 14.8 Å². The fourth-order valence-electron chi connectivity index (χ4n) is 4.72. The van der Waals surface area contributed by atoms with Crippen LogP contribution in [0.15, 0.2) is 42.0 Å². The van der Waals surface area contributed by atoms with Gasteiger partial charge in [-0.05, 0) is 75.6 Å². The normalized spacial score (nSPS) is 16.7. The number of pyridine rings is 1. The topological polar surface area (TPSA) is 99.1 Å². The number of carbonyl (C=O) groups is 2. The number of hydrogen-bond donors (Lipinski definition) is 1. The quantitative estimate of drug-likeness (QED) is 0.319. The second-order valence-electron chi connectivity index (χ2n) is 11.3. The first kappa shape index (κ1) is 31.2. The monoisotopic (exact) mass is 597 g/mol. The van der Waals surface area contributed by atoms with Crippen molar-refractivity contribution in [2.24, 2.45) is 0 Å². The predicted molar refractivity (Wildman–Crippen MR) is 163 cm³/mol. The van der Waals surface area contributed by atoms with Gasteiger partial charge in [-0.1, -0.05) is 17.7 Å². The highest BCUT2D eigenvalue weighted by Crippen LogP contribution is 2.41. The van der Waals surface area contributed by atoms with Gasteiger partial charge >= 0.3 is 6.09 Å². The standard InChI is InChI=1S/C31H37ClFN5O4/c1-6-21(15-20(18-34)9-10-37-12-11-36(5)27(39)19-37)23-17-26(24-16-22(32)7-8-25(24)33)35-29-28(23)41-14-13-38(29)30(40)42-31(2,3)4/h6-8,15-18,34H,9-14,19H2,1-5H3/b20-15-,21-6+,34-18?. The lowest BCUT2D eigenvalue weighted by Gasteiger charge is -2.32. The lowest BCUT2D eigenvalue weighted by molar-refractivity contribution is -0.134. The lowest BCUT2D eigenvalue weighted by atomic mass is 9.98. The van der Waals surface area contributed by atoms with E-state index in [0.29, 0.717) is 48.0 Å². The second-order valence-corrected chi connectivity index (χ2v) is 11.7. The number of rotatable bonds is 7. The van der Waals surface area contributed by atoms with Crippen LogP contribution in [0, 0.1) is 11.2 Å². The minimum absolute atomic E-state index is 0.0756. The lowest BCUT2D eigenvalue weighted by Crippen LogP contribution is -2.48. The maximum absolute atomic E-state index is 15.1. The van der Waals surface area contributed by atoms with Gasteiger partial charge in [-0.3, -0.25) is 14.6 Å². The first-order valence-corrected chi connectivity index (χ1v) is 14.3. The zero-order valence-corrected chi connectivity index (χ0v) is 25.4. The Labute approximate surface area is 251 Å². The maximum Gasteiger partial charge on any atom is 0.416 e. The third-order valence-corrected chi connectivity index (χ3v) is 7.23. The summed E-state index contributed by atoms with van der Waals surface area (Å²) in [6, 6.07) is 5.93. The number of nitrogens with one attached hydrogen (secondary N) is 1. The van der Waals surface area contributed by atoms with Gasteiger partial charge in [0.2, 0.25) is 5.91 Å². The van der Waals surface area contributed by atoms with E-state index >= 15 is 4.39 Å². The minimum Gasteiger partial charge on any atom is -0.487 e. The van der Waals surface area contributed by atoms with E-state index in [1.54, 1.807) is 38.8 Å². The van der Waals surface area contributed by atoms with Crippen LogP contribution in [0.5, 0.6) is 5.75 Å². The molecule has 11 heteroatoms. The van der Waals surface area contributed by atoms with Gasteiger partial charge in [0.05, 0.1) is 18.8 Å². The number of aromatic nitrogens is 1. The van der Waals surface area contributed by atoms with Crippen molar-refractivity contribution in [2.45, 2.75) is 39.7 Å². The summed E-state index contributed by atoms with van der Waals surface area (Å²) >= 11 is 6.22. The van der Waals surface area contributed by atoms with Gasteiger partial charge in [-0.2, -0.15) is 0 Å². The molecule has 0 spiro atoms. The molecule has 0 aliphatic carbocycles. The highest BCUT2D eigenvalue weighted by Gasteiger charge is 2.32. The van der Waals surface area contributed by atoms with E-state index < -0.39 is 17.5 Å². The smallest absolute Gasteiger partial charge is 0.416 e. The predicted octanol–water partition coefficient (Wildman–Crippen LogP) is 5.82. The van der Waals surface area contributed by atoms with Crippen LogP contribution in [0.25, 0.3) is 16.8 Å². The number of benzene rings is 1. The number of piperazine rings is 1. The van der Waals surface area contributed by atoms with Crippen molar-refractivity contribution in [3.8, 4) is 17.0 Å². The molecule has 4 rings (SSSR count). The number of nitrogens with zero attached hydrogens (tertiary/aromatic N) is 4. The molecule has 0 unspecified atom stereocenters. The summed E-state index contributed by atoms with van der Waals surface area (Å²) in [6.07, 6.45) is 4.99. The Morgan fingerprint density at radius 2 is 2.00 bits per heavy atom. The summed E-state index contributed by atoms with van der Waals surface area (Å²) in [5, 5.41) is 8.42. The molecule has 1 fully saturated rings. The van der Waals surface area contributed by atoms with Crippen molar-refractivity contribution >= 4 is 41.2 Å². The SMILES string of the molecule is C/C=C(\C=C(/C=N)CCN1CCN(C)C(=O)C1)c1cc(-c2cc(Cl)ccc2F)nc2c1OCCN2C(=O)OC(C)(C)C. The Hall–Kier alpha value is -3.76. The number of halogens is 2. The molecule has 3 heterocycles. The van der Waals surface area contributed by atoms with E-state index in [-0.39, 0.29) is 36.1 Å². The molecule has 1 N–H and O–H groups in total. The number of ether oxygens (including phenoxy) is 2. The fourth-order valence-corrected chi connectivity index (χ4v) is 4.89. The Balaban J connectivity index is 1.76.